The second kappa shape index (κ2) is 9.01. The highest BCUT2D eigenvalue weighted by Crippen LogP contribution is 2.38. The van der Waals surface area contributed by atoms with Gasteiger partial charge in [0.1, 0.15) is 18.3 Å². The van der Waals surface area contributed by atoms with E-state index in [1.54, 1.807) is 0 Å². The normalized spacial score (nSPS) is 30.1. The van der Waals surface area contributed by atoms with E-state index in [1.807, 2.05) is 0 Å². The molecule has 0 aliphatic carbocycles. The van der Waals surface area contributed by atoms with Crippen molar-refractivity contribution < 1.29 is 27.5 Å². The zero-order chi connectivity index (χ0) is 22.2. The van der Waals surface area contributed by atoms with Crippen molar-refractivity contribution in [2.75, 3.05) is 13.2 Å². The second-order valence-electron chi connectivity index (χ2n) is 11.7. The van der Waals surface area contributed by atoms with Crippen molar-refractivity contribution in [3.63, 3.8) is 0 Å². The average molecular weight is 469 g/mol. The van der Waals surface area contributed by atoms with E-state index in [0.29, 0.717) is 6.61 Å². The molecule has 0 amide bonds. The van der Waals surface area contributed by atoms with E-state index in [9.17, 15) is 5.11 Å². The van der Waals surface area contributed by atoms with E-state index in [2.05, 4.69) is 78.6 Å². The van der Waals surface area contributed by atoms with Gasteiger partial charge < -0.3 is 27.5 Å². The summed E-state index contributed by atoms with van der Waals surface area (Å²) in [6.45, 7) is 26.0. The summed E-state index contributed by atoms with van der Waals surface area (Å²) >= 11 is 0. The van der Waals surface area contributed by atoms with Gasteiger partial charge in [-0.15, -0.1) is 0 Å². The first kappa shape index (κ1) is 26.7. The zero-order valence-corrected chi connectivity index (χ0v) is 24.1. The van der Waals surface area contributed by atoms with Crippen molar-refractivity contribution in [2.24, 2.45) is 0 Å². The highest BCUT2D eigenvalue weighted by atomic mass is 28.4. The van der Waals surface area contributed by atoms with Crippen LogP contribution >= 0.6 is 0 Å². The Hall–Kier alpha value is 0.628. The van der Waals surface area contributed by atoms with Gasteiger partial charge in [-0.2, -0.15) is 0 Å². The van der Waals surface area contributed by atoms with Gasteiger partial charge in [-0.1, -0.05) is 0 Å². The van der Waals surface area contributed by atoms with Crippen LogP contribution < -0.4 is 0 Å². The number of ether oxygens (including phenoxy) is 1. The Kier molecular flexibility index (Phi) is 8.58. The molecule has 0 spiro atoms. The maximum Gasteiger partial charge on any atom is 0.217 e. The van der Waals surface area contributed by atoms with Crippen LogP contribution in [0.2, 0.25) is 78.6 Å². The fraction of sp³-hybridized carbons (Fsp3) is 1.00. The highest BCUT2D eigenvalue weighted by Gasteiger charge is 2.58. The van der Waals surface area contributed by atoms with Crippen molar-refractivity contribution >= 4 is 33.3 Å². The lowest BCUT2D eigenvalue weighted by molar-refractivity contribution is -0.241. The summed E-state index contributed by atoms with van der Waals surface area (Å²) in [6.07, 6.45) is -1.34. The van der Waals surface area contributed by atoms with Crippen LogP contribution in [-0.4, -0.2) is 75.7 Å². The van der Waals surface area contributed by atoms with Crippen LogP contribution in [0.4, 0.5) is 0 Å². The van der Waals surface area contributed by atoms with Crippen LogP contribution in [0.25, 0.3) is 0 Å². The van der Waals surface area contributed by atoms with E-state index >= 15 is 0 Å². The molecule has 1 aliphatic heterocycles. The largest absolute Gasteiger partial charge is 0.415 e. The highest BCUT2D eigenvalue weighted by molar-refractivity contribution is 6.71. The van der Waals surface area contributed by atoms with Crippen molar-refractivity contribution in [1.29, 1.82) is 0 Å². The quantitative estimate of drug-likeness (QED) is 0.484. The standard InChI is InChI=1S/C18H44O6Si4/c1-25(2,3)20-13-15-16(23-27(7,8)9)17(24-28(10,11)12)18(19,22-15)14-21-26(4,5)6/h15-17,19H,13-14H2,1-12H3/t15-,16+,17-,18+/m1/s1. The minimum Gasteiger partial charge on any atom is -0.415 e. The van der Waals surface area contributed by atoms with E-state index in [4.69, 9.17) is 22.4 Å². The van der Waals surface area contributed by atoms with Gasteiger partial charge >= 0.3 is 0 Å². The van der Waals surface area contributed by atoms with Crippen molar-refractivity contribution in [1.82, 2.24) is 0 Å². The minimum absolute atomic E-state index is 0.0902. The van der Waals surface area contributed by atoms with Crippen molar-refractivity contribution in [2.45, 2.75) is 103 Å². The molecule has 168 valence electrons. The first-order chi connectivity index (χ1) is 12.2. The van der Waals surface area contributed by atoms with Gasteiger partial charge in [-0.05, 0) is 78.6 Å². The molecule has 0 radical (unpaired) electrons. The molecular formula is C18H44O6Si4. The number of rotatable bonds is 10. The second-order valence-corrected chi connectivity index (χ2v) is 29.6. The molecule has 1 saturated heterocycles. The van der Waals surface area contributed by atoms with Gasteiger partial charge in [0.05, 0.1) is 13.2 Å². The number of hydrogen-bond donors (Lipinski definition) is 1. The van der Waals surface area contributed by atoms with Gasteiger partial charge in [-0.25, -0.2) is 0 Å². The Balaban J connectivity index is 3.21. The molecular weight excluding hydrogens is 425 g/mol. The van der Waals surface area contributed by atoms with Crippen LogP contribution in [0.5, 0.6) is 0 Å². The smallest absolute Gasteiger partial charge is 0.217 e. The molecule has 0 aromatic carbocycles. The number of hydrogen-bond acceptors (Lipinski definition) is 6. The Bertz CT molecular complexity index is 506. The summed E-state index contributed by atoms with van der Waals surface area (Å²) in [5.74, 6) is -1.53. The lowest BCUT2D eigenvalue weighted by atomic mass is 10.1. The molecule has 1 aliphatic rings. The van der Waals surface area contributed by atoms with E-state index in [-0.39, 0.29) is 18.8 Å². The molecule has 10 heteroatoms. The third-order valence-corrected chi connectivity index (χ3v) is 7.81. The third-order valence-electron chi connectivity index (χ3n) is 3.83. The molecule has 4 atom stereocenters. The molecule has 6 nitrogen and oxygen atoms in total. The Labute approximate surface area is 176 Å². The Morgan fingerprint density at radius 3 is 1.57 bits per heavy atom. The predicted octanol–water partition coefficient (Wildman–Crippen LogP) is 4.22. The summed E-state index contributed by atoms with van der Waals surface area (Å²) in [5.41, 5.74) is 0. The molecule has 0 saturated carbocycles. The van der Waals surface area contributed by atoms with Crippen LogP contribution in [0.1, 0.15) is 0 Å². The molecule has 0 aromatic rings. The van der Waals surface area contributed by atoms with E-state index < -0.39 is 45.2 Å². The maximum absolute atomic E-state index is 11.5. The maximum atomic E-state index is 11.5. The summed E-state index contributed by atoms with van der Waals surface area (Å²) in [4.78, 5) is 0. The summed E-state index contributed by atoms with van der Waals surface area (Å²) in [5, 5.41) is 11.5. The molecule has 0 aromatic heterocycles. The summed E-state index contributed by atoms with van der Waals surface area (Å²) in [7, 11) is -7.46. The van der Waals surface area contributed by atoms with E-state index in [0.717, 1.165) is 0 Å². The minimum atomic E-state index is -1.97. The molecule has 0 unspecified atom stereocenters. The van der Waals surface area contributed by atoms with Crippen molar-refractivity contribution in [3.05, 3.63) is 0 Å². The third kappa shape index (κ3) is 9.62. The topological polar surface area (TPSA) is 66.4 Å². The average Bonchev–Trinajstić information content (AvgIpc) is 2.64. The fourth-order valence-electron chi connectivity index (χ4n) is 2.83. The van der Waals surface area contributed by atoms with Crippen molar-refractivity contribution in [3.8, 4) is 0 Å². The van der Waals surface area contributed by atoms with Gasteiger partial charge in [0.25, 0.3) is 0 Å². The zero-order valence-electron chi connectivity index (χ0n) is 20.1. The summed E-state index contributed by atoms with van der Waals surface area (Å²) in [6, 6.07) is 0. The fourth-order valence-corrected chi connectivity index (χ4v) is 6.31. The van der Waals surface area contributed by atoms with Gasteiger partial charge in [0, 0.05) is 0 Å². The first-order valence-electron chi connectivity index (χ1n) is 10.2. The molecule has 28 heavy (non-hydrogen) atoms. The van der Waals surface area contributed by atoms with E-state index in [1.165, 1.54) is 0 Å². The Morgan fingerprint density at radius 2 is 1.18 bits per heavy atom. The lowest BCUT2D eigenvalue weighted by Crippen LogP contribution is -2.55. The molecule has 1 N–H and O–H groups in total. The van der Waals surface area contributed by atoms with Gasteiger partial charge in [-0.3, -0.25) is 0 Å². The number of aliphatic hydroxyl groups is 1. The molecule has 0 bridgehead atoms. The molecule has 1 heterocycles. The van der Waals surface area contributed by atoms with Crippen LogP contribution in [0, 0.1) is 0 Å². The van der Waals surface area contributed by atoms with Crippen LogP contribution in [-0.2, 0) is 22.4 Å². The molecule has 1 rings (SSSR count). The monoisotopic (exact) mass is 468 g/mol. The first-order valence-corrected chi connectivity index (χ1v) is 23.9. The summed E-state index contributed by atoms with van der Waals surface area (Å²) < 4.78 is 31.4. The SMILES string of the molecule is C[Si](C)(C)OC[C@H]1O[C@@](O)(CO[Si](C)(C)C)[C@H](O[Si](C)(C)C)[C@H]1O[Si](C)(C)C. The lowest BCUT2D eigenvalue weighted by Gasteiger charge is -2.37. The molecule has 1 fully saturated rings. The van der Waals surface area contributed by atoms with Crippen LogP contribution in [0.15, 0.2) is 0 Å². The Morgan fingerprint density at radius 1 is 0.714 bits per heavy atom. The van der Waals surface area contributed by atoms with Crippen LogP contribution in [0.3, 0.4) is 0 Å². The predicted molar refractivity (Wildman–Crippen MR) is 125 cm³/mol. The van der Waals surface area contributed by atoms with Gasteiger partial charge in [0.2, 0.25) is 5.79 Å². The van der Waals surface area contributed by atoms with Gasteiger partial charge in [0.15, 0.2) is 33.3 Å².